The number of hydrogen-bond acceptors (Lipinski definition) is 5. The van der Waals surface area contributed by atoms with Crippen LogP contribution in [0.5, 0.6) is 0 Å². The number of nitrogens with one attached hydrogen (secondary N) is 1. The summed E-state index contributed by atoms with van der Waals surface area (Å²) < 4.78 is 21.9. The molecule has 2 atom stereocenters. The lowest BCUT2D eigenvalue weighted by Gasteiger charge is -2.33. The molecule has 1 saturated heterocycles. The van der Waals surface area contributed by atoms with E-state index in [0.29, 0.717) is 23.4 Å². The van der Waals surface area contributed by atoms with Crippen LogP contribution in [-0.2, 0) is 4.74 Å². The predicted octanol–water partition coefficient (Wildman–Crippen LogP) is 5.09. The quantitative estimate of drug-likeness (QED) is 0.207. The number of hydrogen-bond donors (Lipinski definition) is 3. The molecule has 2 aromatic carbocycles. The summed E-state index contributed by atoms with van der Waals surface area (Å²) in [5.41, 5.74) is 14.6. The molecule has 0 unspecified atom stereocenters. The summed E-state index contributed by atoms with van der Waals surface area (Å²) in [7, 11) is 1.78. The van der Waals surface area contributed by atoms with E-state index < -0.39 is 5.82 Å². The molecule has 3 aromatic rings. The smallest absolute Gasteiger partial charge is 0.222 e. The second-order valence-electron chi connectivity index (χ2n) is 10.7. The van der Waals surface area contributed by atoms with Gasteiger partial charge >= 0.3 is 0 Å². The van der Waals surface area contributed by atoms with Gasteiger partial charge in [-0.3, -0.25) is 4.99 Å². The van der Waals surface area contributed by atoms with Crippen molar-refractivity contribution in [3.8, 4) is 16.9 Å². The standard InChI is InChI=1S/C30H37FN8O/c1-34-27-11-6-21(17-26(27)31)28-18-29(35-19-20-4-3-5-22(16-20)36-30(32)33)37-39(28)24-9-7-23(8-10-24)38-14-12-25(40-2)13-15-38/h6-11,17-18,20,22,25H,3-5,12-16,19H2,2H3,(H,35,37)(H4,32,33,36)/t20-,22-/m0/s1. The van der Waals surface area contributed by atoms with Gasteiger partial charge in [0, 0.05) is 44.1 Å². The lowest BCUT2D eigenvalue weighted by molar-refractivity contribution is 0.0819. The normalized spacial score (nSPS) is 19.7. The van der Waals surface area contributed by atoms with Crippen LogP contribution in [0.4, 0.5) is 21.6 Å². The number of methoxy groups -OCH3 is 1. The fourth-order valence-electron chi connectivity index (χ4n) is 5.81. The number of piperidine rings is 1. The number of benzene rings is 2. The summed E-state index contributed by atoms with van der Waals surface area (Å²) in [6, 6.07) is 15.1. The molecule has 1 aromatic heterocycles. The van der Waals surface area contributed by atoms with Crippen molar-refractivity contribution in [1.82, 2.24) is 9.78 Å². The number of ether oxygens (including phenoxy) is 1. The summed E-state index contributed by atoms with van der Waals surface area (Å²) in [5, 5.41) is 8.36. The summed E-state index contributed by atoms with van der Waals surface area (Å²) in [4.78, 5) is 10.0. The maximum absolute atomic E-state index is 14.6. The molecule has 40 heavy (non-hydrogen) atoms. The molecule has 2 heterocycles. The maximum Gasteiger partial charge on any atom is 0.222 e. The van der Waals surface area contributed by atoms with E-state index in [1.54, 1.807) is 13.2 Å². The number of halogens is 1. The van der Waals surface area contributed by atoms with E-state index in [-0.39, 0.29) is 17.7 Å². The van der Waals surface area contributed by atoms with Gasteiger partial charge in [0.2, 0.25) is 5.69 Å². The van der Waals surface area contributed by atoms with Crippen LogP contribution in [0.3, 0.4) is 0 Å². The van der Waals surface area contributed by atoms with Crippen molar-refractivity contribution in [3.63, 3.8) is 0 Å². The Hall–Kier alpha value is -4.10. The zero-order chi connectivity index (χ0) is 28.1. The Morgan fingerprint density at radius 1 is 1.10 bits per heavy atom. The van der Waals surface area contributed by atoms with Gasteiger partial charge in [0.05, 0.1) is 30.1 Å². The molecular weight excluding hydrogens is 507 g/mol. The first-order chi connectivity index (χ1) is 19.4. The molecule has 1 aliphatic heterocycles. The van der Waals surface area contributed by atoms with Crippen molar-refractivity contribution >= 4 is 23.2 Å². The van der Waals surface area contributed by atoms with Gasteiger partial charge in [0.15, 0.2) is 5.96 Å². The van der Waals surface area contributed by atoms with Crippen molar-refractivity contribution in [2.45, 2.75) is 50.7 Å². The van der Waals surface area contributed by atoms with Crippen molar-refractivity contribution in [3.05, 3.63) is 65.8 Å². The summed E-state index contributed by atoms with van der Waals surface area (Å²) in [5.74, 6) is 0.730. The van der Waals surface area contributed by atoms with Crippen LogP contribution in [-0.4, -0.2) is 54.6 Å². The van der Waals surface area contributed by atoms with Crippen molar-refractivity contribution in [1.29, 1.82) is 0 Å². The van der Waals surface area contributed by atoms with E-state index in [9.17, 15) is 4.39 Å². The van der Waals surface area contributed by atoms with Crippen LogP contribution < -0.4 is 21.7 Å². The first kappa shape index (κ1) is 27.5. The fraction of sp³-hybridized carbons (Fsp3) is 0.433. The summed E-state index contributed by atoms with van der Waals surface area (Å²) in [6.45, 7) is 9.85. The molecular formula is C30H37FN8O. The lowest BCUT2D eigenvalue weighted by Crippen LogP contribution is -2.36. The molecule has 5 N–H and O–H groups in total. The SMILES string of the molecule is [C-]#[N+]c1ccc(-c2cc(NC[C@H]3CCC[C@H](N=C(N)N)C3)nn2-c2ccc(N3CCC(OC)CC3)cc2)cc1F. The Balaban J connectivity index is 1.38. The third kappa shape index (κ3) is 6.37. The third-order valence-electron chi connectivity index (χ3n) is 7.97. The number of aliphatic imine (C=N–C) groups is 1. The second kappa shape index (κ2) is 12.4. The average molecular weight is 545 g/mol. The predicted molar refractivity (Wildman–Crippen MR) is 158 cm³/mol. The zero-order valence-corrected chi connectivity index (χ0v) is 22.9. The van der Waals surface area contributed by atoms with Gasteiger partial charge in [-0.15, -0.1) is 5.10 Å². The fourth-order valence-corrected chi connectivity index (χ4v) is 5.81. The van der Waals surface area contributed by atoms with Gasteiger partial charge in [-0.1, -0.05) is 18.6 Å². The largest absolute Gasteiger partial charge is 0.381 e. The highest BCUT2D eigenvalue weighted by molar-refractivity contribution is 5.75. The topological polar surface area (TPSA) is 111 Å². The first-order valence-electron chi connectivity index (χ1n) is 13.9. The molecule has 5 rings (SSSR count). The Kier molecular flexibility index (Phi) is 8.51. The molecule has 1 saturated carbocycles. The summed E-state index contributed by atoms with van der Waals surface area (Å²) >= 11 is 0. The van der Waals surface area contributed by atoms with Gasteiger partial charge < -0.3 is 26.4 Å². The molecule has 0 amide bonds. The van der Waals surface area contributed by atoms with Crippen LogP contribution in [0.1, 0.15) is 38.5 Å². The second-order valence-corrected chi connectivity index (χ2v) is 10.7. The molecule has 0 radical (unpaired) electrons. The minimum Gasteiger partial charge on any atom is -0.381 e. The van der Waals surface area contributed by atoms with Gasteiger partial charge in [-0.25, -0.2) is 13.9 Å². The number of rotatable bonds is 8. The first-order valence-corrected chi connectivity index (χ1v) is 13.9. The van der Waals surface area contributed by atoms with Crippen molar-refractivity contribution in [2.75, 3.05) is 37.0 Å². The minimum absolute atomic E-state index is 0.00221. The molecule has 0 spiro atoms. The average Bonchev–Trinajstić information content (AvgIpc) is 3.40. The van der Waals surface area contributed by atoms with Crippen LogP contribution in [0.2, 0.25) is 0 Å². The Morgan fingerprint density at radius 2 is 1.85 bits per heavy atom. The molecule has 210 valence electrons. The molecule has 0 bridgehead atoms. The highest BCUT2D eigenvalue weighted by Crippen LogP contribution is 2.32. The van der Waals surface area contributed by atoms with Crippen LogP contribution >= 0.6 is 0 Å². The van der Waals surface area contributed by atoms with Crippen molar-refractivity contribution < 1.29 is 9.13 Å². The third-order valence-corrected chi connectivity index (χ3v) is 7.97. The van der Waals surface area contributed by atoms with Crippen LogP contribution in [0, 0.1) is 18.3 Å². The number of nitrogens with two attached hydrogens (primary N) is 2. The maximum atomic E-state index is 14.6. The number of guanidine groups is 1. The molecule has 10 heteroatoms. The van der Waals surface area contributed by atoms with E-state index >= 15 is 0 Å². The number of aromatic nitrogens is 2. The van der Waals surface area contributed by atoms with Gasteiger partial charge in [-0.2, -0.15) is 0 Å². The van der Waals surface area contributed by atoms with Gasteiger partial charge in [-0.05, 0) is 68.4 Å². The van der Waals surface area contributed by atoms with E-state index in [1.165, 1.54) is 12.1 Å². The summed E-state index contributed by atoms with van der Waals surface area (Å²) in [6.07, 6.45) is 6.45. The molecule has 9 nitrogen and oxygen atoms in total. The number of anilines is 2. The lowest BCUT2D eigenvalue weighted by atomic mass is 9.86. The van der Waals surface area contributed by atoms with E-state index in [2.05, 4.69) is 32.2 Å². The van der Waals surface area contributed by atoms with Crippen LogP contribution in [0.25, 0.3) is 21.8 Å². The highest BCUT2D eigenvalue weighted by Gasteiger charge is 2.23. The van der Waals surface area contributed by atoms with Gasteiger partial charge in [0.25, 0.3) is 0 Å². The Bertz CT molecular complexity index is 1370. The molecule has 2 fully saturated rings. The number of nitrogens with zero attached hydrogens (tertiary/aromatic N) is 5. The molecule has 1 aliphatic carbocycles. The minimum atomic E-state index is -0.544. The van der Waals surface area contributed by atoms with Gasteiger partial charge in [0.1, 0.15) is 11.6 Å². The van der Waals surface area contributed by atoms with E-state index in [4.69, 9.17) is 27.9 Å². The van der Waals surface area contributed by atoms with Crippen LogP contribution in [0.15, 0.2) is 53.5 Å². The Morgan fingerprint density at radius 3 is 2.52 bits per heavy atom. The van der Waals surface area contributed by atoms with Crippen molar-refractivity contribution in [2.24, 2.45) is 22.4 Å². The zero-order valence-electron chi connectivity index (χ0n) is 22.9. The van der Waals surface area contributed by atoms with E-state index in [0.717, 1.165) is 75.2 Å². The monoisotopic (exact) mass is 544 g/mol. The van der Waals surface area contributed by atoms with E-state index in [1.807, 2.05) is 22.9 Å². The highest BCUT2D eigenvalue weighted by atomic mass is 19.1. The Labute approximate surface area is 234 Å². The molecule has 2 aliphatic rings.